The summed E-state index contributed by atoms with van der Waals surface area (Å²) in [6, 6.07) is 7.07. The van der Waals surface area contributed by atoms with E-state index in [1.165, 1.54) is 14.2 Å². The zero-order chi connectivity index (χ0) is 13.1. The zero-order valence-electron chi connectivity index (χ0n) is 10.4. The van der Waals surface area contributed by atoms with Gasteiger partial charge in [0, 0.05) is 13.5 Å². The van der Waals surface area contributed by atoms with Crippen LogP contribution in [0.2, 0.25) is 0 Å². The third kappa shape index (κ3) is 2.36. The molecule has 0 spiro atoms. The molecule has 2 rings (SSSR count). The van der Waals surface area contributed by atoms with Gasteiger partial charge in [0.05, 0.1) is 25.2 Å². The fourth-order valence-corrected chi connectivity index (χ4v) is 1.87. The van der Waals surface area contributed by atoms with Crippen LogP contribution < -0.4 is 4.74 Å². The Labute approximate surface area is 105 Å². The van der Waals surface area contributed by atoms with E-state index < -0.39 is 5.92 Å². The molecule has 5 heteroatoms. The largest absolute Gasteiger partial charge is 0.492 e. The molecular weight excluding hydrogens is 234 g/mol. The molecular formula is C13H15NO4. The van der Waals surface area contributed by atoms with E-state index >= 15 is 0 Å². The van der Waals surface area contributed by atoms with Crippen LogP contribution in [0.1, 0.15) is 16.8 Å². The third-order valence-electron chi connectivity index (χ3n) is 3.01. The number of carbonyl (C=O) groups is 2. The minimum absolute atomic E-state index is 0.0466. The van der Waals surface area contributed by atoms with Crippen molar-refractivity contribution in [2.75, 3.05) is 20.8 Å². The molecule has 1 atom stereocenters. The molecule has 0 bridgehead atoms. The highest BCUT2D eigenvalue weighted by atomic mass is 16.7. The fourth-order valence-electron chi connectivity index (χ4n) is 1.87. The van der Waals surface area contributed by atoms with Crippen molar-refractivity contribution in [1.29, 1.82) is 0 Å². The van der Waals surface area contributed by atoms with Gasteiger partial charge in [-0.1, -0.05) is 12.1 Å². The lowest BCUT2D eigenvalue weighted by Crippen LogP contribution is -2.34. The van der Waals surface area contributed by atoms with E-state index in [4.69, 9.17) is 9.57 Å². The van der Waals surface area contributed by atoms with Gasteiger partial charge in [0.15, 0.2) is 5.78 Å². The molecule has 1 aromatic carbocycles. The average molecular weight is 249 g/mol. The predicted molar refractivity (Wildman–Crippen MR) is 64.2 cm³/mol. The summed E-state index contributed by atoms with van der Waals surface area (Å²) in [5.74, 6) is -0.134. The van der Waals surface area contributed by atoms with Gasteiger partial charge in [-0.15, -0.1) is 0 Å². The summed E-state index contributed by atoms with van der Waals surface area (Å²) in [5.41, 5.74) is 0.543. The highest BCUT2D eigenvalue weighted by molar-refractivity contribution is 6.02. The Bertz CT molecular complexity index is 472. The van der Waals surface area contributed by atoms with Gasteiger partial charge in [0.25, 0.3) is 0 Å². The van der Waals surface area contributed by atoms with Crippen molar-refractivity contribution in [3.8, 4) is 5.75 Å². The quantitative estimate of drug-likeness (QED) is 0.757. The van der Waals surface area contributed by atoms with Crippen molar-refractivity contribution in [2.24, 2.45) is 5.92 Å². The standard InChI is InChI=1S/C13H15NO4/c1-14(17-2)12(15)7-9-8-18-11-6-4-3-5-10(11)13(9)16/h3-6,9H,7-8H2,1-2H3/t9-/m0/s1. The topological polar surface area (TPSA) is 55.8 Å². The first kappa shape index (κ1) is 12.6. The van der Waals surface area contributed by atoms with Crippen LogP contribution in [0.3, 0.4) is 0 Å². The maximum atomic E-state index is 12.2. The van der Waals surface area contributed by atoms with Crippen molar-refractivity contribution >= 4 is 11.7 Å². The molecule has 0 aliphatic carbocycles. The number of hydroxylamine groups is 2. The van der Waals surface area contributed by atoms with E-state index in [1.807, 2.05) is 6.07 Å². The van der Waals surface area contributed by atoms with E-state index in [-0.39, 0.29) is 24.7 Å². The molecule has 0 aromatic heterocycles. The van der Waals surface area contributed by atoms with Crippen LogP contribution in [0.15, 0.2) is 24.3 Å². The lowest BCUT2D eigenvalue weighted by atomic mass is 9.92. The first-order valence-corrected chi connectivity index (χ1v) is 5.70. The third-order valence-corrected chi connectivity index (χ3v) is 3.01. The van der Waals surface area contributed by atoms with E-state index in [0.29, 0.717) is 11.3 Å². The lowest BCUT2D eigenvalue weighted by molar-refractivity contribution is -0.169. The van der Waals surface area contributed by atoms with Crippen LogP contribution in [0, 0.1) is 5.92 Å². The Hall–Kier alpha value is -1.88. The number of amides is 1. The molecule has 1 aliphatic rings. The van der Waals surface area contributed by atoms with Gasteiger partial charge in [-0.3, -0.25) is 14.4 Å². The summed E-state index contributed by atoms with van der Waals surface area (Å²) in [6.07, 6.45) is 0.0947. The molecule has 5 nitrogen and oxygen atoms in total. The Morgan fingerprint density at radius 3 is 2.94 bits per heavy atom. The second kappa shape index (κ2) is 5.18. The number of fused-ring (bicyclic) bond motifs is 1. The minimum Gasteiger partial charge on any atom is -0.492 e. The maximum Gasteiger partial charge on any atom is 0.246 e. The van der Waals surface area contributed by atoms with Gasteiger partial charge in [-0.05, 0) is 12.1 Å². The number of carbonyl (C=O) groups excluding carboxylic acids is 2. The van der Waals surface area contributed by atoms with E-state index in [9.17, 15) is 9.59 Å². The molecule has 0 N–H and O–H groups in total. The Balaban J connectivity index is 2.10. The summed E-state index contributed by atoms with van der Waals surface area (Å²) >= 11 is 0. The monoisotopic (exact) mass is 249 g/mol. The maximum absolute atomic E-state index is 12.2. The summed E-state index contributed by atoms with van der Waals surface area (Å²) in [4.78, 5) is 28.7. The first-order chi connectivity index (χ1) is 8.63. The average Bonchev–Trinajstić information content (AvgIpc) is 2.41. The molecule has 1 heterocycles. The molecule has 0 saturated heterocycles. The van der Waals surface area contributed by atoms with Gasteiger partial charge in [0.1, 0.15) is 5.75 Å². The van der Waals surface area contributed by atoms with Gasteiger partial charge in [-0.2, -0.15) is 0 Å². The Morgan fingerprint density at radius 1 is 1.50 bits per heavy atom. The van der Waals surface area contributed by atoms with Crippen molar-refractivity contribution in [3.63, 3.8) is 0 Å². The number of para-hydroxylation sites is 1. The molecule has 18 heavy (non-hydrogen) atoms. The van der Waals surface area contributed by atoms with Crippen LogP contribution >= 0.6 is 0 Å². The van der Waals surface area contributed by atoms with Crippen molar-refractivity contribution in [1.82, 2.24) is 5.06 Å². The smallest absolute Gasteiger partial charge is 0.246 e. The highest BCUT2D eigenvalue weighted by Gasteiger charge is 2.31. The molecule has 1 aromatic rings. The van der Waals surface area contributed by atoms with Crippen molar-refractivity contribution in [3.05, 3.63) is 29.8 Å². The summed E-state index contributed by atoms with van der Waals surface area (Å²) < 4.78 is 5.49. The summed E-state index contributed by atoms with van der Waals surface area (Å²) in [7, 11) is 2.93. The van der Waals surface area contributed by atoms with Gasteiger partial charge in [-0.25, -0.2) is 5.06 Å². The number of ether oxygens (including phenoxy) is 1. The number of benzene rings is 1. The Kier molecular flexibility index (Phi) is 3.62. The molecule has 1 amide bonds. The number of Topliss-reactive ketones (excluding diaryl/α,β-unsaturated/α-hetero) is 1. The molecule has 0 fully saturated rings. The van der Waals surface area contributed by atoms with Crippen LogP contribution in [-0.4, -0.2) is 37.5 Å². The predicted octanol–water partition coefficient (Wildman–Crippen LogP) is 1.29. The molecule has 0 unspecified atom stereocenters. The first-order valence-electron chi connectivity index (χ1n) is 5.70. The minimum atomic E-state index is -0.440. The number of rotatable bonds is 3. The van der Waals surface area contributed by atoms with E-state index in [0.717, 1.165) is 5.06 Å². The second-order valence-corrected chi connectivity index (χ2v) is 4.15. The normalized spacial score (nSPS) is 17.9. The van der Waals surface area contributed by atoms with Crippen molar-refractivity contribution in [2.45, 2.75) is 6.42 Å². The summed E-state index contributed by atoms with van der Waals surface area (Å²) in [5, 5.41) is 1.12. The van der Waals surface area contributed by atoms with E-state index in [1.54, 1.807) is 18.2 Å². The summed E-state index contributed by atoms with van der Waals surface area (Å²) in [6.45, 7) is 0.235. The fraction of sp³-hybridized carbons (Fsp3) is 0.385. The lowest BCUT2D eigenvalue weighted by Gasteiger charge is -2.24. The molecule has 0 saturated carbocycles. The number of hydrogen-bond donors (Lipinski definition) is 0. The Morgan fingerprint density at radius 2 is 2.22 bits per heavy atom. The van der Waals surface area contributed by atoms with Crippen molar-refractivity contribution < 1.29 is 19.2 Å². The highest BCUT2D eigenvalue weighted by Crippen LogP contribution is 2.28. The molecule has 1 aliphatic heterocycles. The van der Waals surface area contributed by atoms with Crippen LogP contribution in [-0.2, 0) is 9.63 Å². The number of ketones is 1. The SMILES string of the molecule is CON(C)C(=O)C[C@H]1COc2ccccc2C1=O. The second-order valence-electron chi connectivity index (χ2n) is 4.15. The van der Waals surface area contributed by atoms with Crippen LogP contribution in [0.5, 0.6) is 5.75 Å². The van der Waals surface area contributed by atoms with Crippen LogP contribution in [0.25, 0.3) is 0 Å². The van der Waals surface area contributed by atoms with E-state index in [2.05, 4.69) is 0 Å². The number of hydrogen-bond acceptors (Lipinski definition) is 4. The van der Waals surface area contributed by atoms with Gasteiger partial charge < -0.3 is 4.74 Å². The van der Waals surface area contributed by atoms with Gasteiger partial charge >= 0.3 is 0 Å². The molecule has 96 valence electrons. The van der Waals surface area contributed by atoms with Crippen LogP contribution in [0.4, 0.5) is 0 Å². The van der Waals surface area contributed by atoms with Gasteiger partial charge in [0.2, 0.25) is 5.91 Å². The molecule has 0 radical (unpaired) electrons. The number of nitrogens with zero attached hydrogens (tertiary/aromatic N) is 1. The zero-order valence-corrected chi connectivity index (χ0v) is 10.4.